The van der Waals surface area contributed by atoms with Crippen molar-refractivity contribution in [3.05, 3.63) is 56.7 Å². The Hall–Kier alpha value is -2.39. The number of carbonyl (C=O) groups is 2. The molecule has 2 rings (SSSR count). The number of carbonyl (C=O) groups excluding carboxylic acids is 2. The zero-order chi connectivity index (χ0) is 18.6. The normalized spacial score (nSPS) is 17.3. The molecule has 0 saturated heterocycles. The van der Waals surface area contributed by atoms with Crippen LogP contribution in [-0.2, 0) is 14.3 Å². The monoisotopic (exact) mass is 402 g/mol. The van der Waals surface area contributed by atoms with Crippen LogP contribution in [0.5, 0.6) is 0 Å². The number of nitrogens with two attached hydrogens (primary N) is 1. The first-order valence-electron chi connectivity index (χ1n) is 7.85. The van der Waals surface area contributed by atoms with E-state index in [0.29, 0.717) is 23.3 Å². The standard InChI is InChI=1S/C19H19BrN2O3/c1-11-8-16(22)15(10-21)18(13-4-3-5-14(20)9-13)17(11)19(24)25-7-6-12(2)23/h3-5,9,18H,6-8,22H2,1-2H3. The van der Waals surface area contributed by atoms with Crippen molar-refractivity contribution in [3.63, 3.8) is 0 Å². The van der Waals surface area contributed by atoms with Gasteiger partial charge in [-0.1, -0.05) is 33.6 Å². The number of allylic oxidation sites excluding steroid dienone is 2. The van der Waals surface area contributed by atoms with Crippen LogP contribution in [0.1, 0.15) is 38.2 Å². The van der Waals surface area contributed by atoms with E-state index in [1.54, 1.807) is 0 Å². The molecular weight excluding hydrogens is 384 g/mol. The van der Waals surface area contributed by atoms with E-state index in [-0.39, 0.29) is 18.8 Å². The fourth-order valence-corrected chi connectivity index (χ4v) is 3.28. The van der Waals surface area contributed by atoms with E-state index in [1.807, 2.05) is 31.2 Å². The van der Waals surface area contributed by atoms with Gasteiger partial charge in [0.2, 0.25) is 0 Å². The third kappa shape index (κ3) is 4.37. The number of hydrogen-bond acceptors (Lipinski definition) is 5. The molecule has 1 unspecified atom stereocenters. The van der Waals surface area contributed by atoms with Gasteiger partial charge in [-0.2, -0.15) is 5.26 Å². The summed E-state index contributed by atoms with van der Waals surface area (Å²) in [6.45, 7) is 3.28. The van der Waals surface area contributed by atoms with E-state index in [4.69, 9.17) is 10.5 Å². The van der Waals surface area contributed by atoms with Crippen LogP contribution in [-0.4, -0.2) is 18.4 Å². The van der Waals surface area contributed by atoms with Gasteiger partial charge in [0.05, 0.1) is 24.2 Å². The molecule has 1 atom stereocenters. The first-order valence-corrected chi connectivity index (χ1v) is 8.64. The second-order valence-corrected chi connectivity index (χ2v) is 6.91. The molecule has 0 radical (unpaired) electrons. The summed E-state index contributed by atoms with van der Waals surface area (Å²) in [5.74, 6) is -1.13. The molecule has 1 aliphatic carbocycles. The summed E-state index contributed by atoms with van der Waals surface area (Å²) in [5, 5.41) is 9.58. The summed E-state index contributed by atoms with van der Waals surface area (Å²) in [6, 6.07) is 9.56. The summed E-state index contributed by atoms with van der Waals surface area (Å²) in [5.41, 5.74) is 8.87. The van der Waals surface area contributed by atoms with E-state index in [0.717, 1.165) is 15.6 Å². The van der Waals surface area contributed by atoms with Crippen molar-refractivity contribution >= 4 is 27.7 Å². The van der Waals surface area contributed by atoms with E-state index in [9.17, 15) is 14.9 Å². The predicted octanol–water partition coefficient (Wildman–Crippen LogP) is 3.51. The van der Waals surface area contributed by atoms with Gasteiger partial charge >= 0.3 is 5.97 Å². The van der Waals surface area contributed by atoms with Crippen LogP contribution in [0.3, 0.4) is 0 Å². The number of esters is 1. The van der Waals surface area contributed by atoms with E-state index < -0.39 is 11.9 Å². The highest BCUT2D eigenvalue weighted by Crippen LogP contribution is 2.41. The zero-order valence-corrected chi connectivity index (χ0v) is 15.7. The van der Waals surface area contributed by atoms with Crippen molar-refractivity contribution < 1.29 is 14.3 Å². The van der Waals surface area contributed by atoms with Gasteiger partial charge in [0.15, 0.2) is 0 Å². The molecule has 0 saturated carbocycles. The van der Waals surface area contributed by atoms with Crippen LogP contribution in [0.15, 0.2) is 51.2 Å². The first kappa shape index (κ1) is 18.9. The number of rotatable bonds is 5. The van der Waals surface area contributed by atoms with Gasteiger partial charge in [-0.05, 0) is 31.5 Å². The zero-order valence-electron chi connectivity index (χ0n) is 14.1. The van der Waals surface area contributed by atoms with Crippen LogP contribution in [0.25, 0.3) is 0 Å². The second kappa shape index (κ2) is 8.13. The summed E-state index contributed by atoms with van der Waals surface area (Å²) < 4.78 is 6.11. The highest BCUT2D eigenvalue weighted by Gasteiger charge is 2.34. The van der Waals surface area contributed by atoms with Crippen molar-refractivity contribution in [2.75, 3.05) is 6.61 Å². The first-order chi connectivity index (χ1) is 11.8. The van der Waals surface area contributed by atoms with Crippen LogP contribution in [0.4, 0.5) is 0 Å². The van der Waals surface area contributed by atoms with Gasteiger partial charge in [-0.3, -0.25) is 4.79 Å². The molecule has 0 fully saturated rings. The van der Waals surface area contributed by atoms with Crippen molar-refractivity contribution in [1.82, 2.24) is 0 Å². The molecule has 0 aromatic heterocycles. The van der Waals surface area contributed by atoms with Crippen molar-refractivity contribution in [3.8, 4) is 6.07 Å². The summed E-state index contributed by atoms with van der Waals surface area (Å²) in [6.07, 6.45) is 0.521. The molecule has 1 aromatic carbocycles. The molecule has 25 heavy (non-hydrogen) atoms. The van der Waals surface area contributed by atoms with E-state index in [1.165, 1.54) is 6.92 Å². The molecule has 0 spiro atoms. The number of benzene rings is 1. The molecule has 0 bridgehead atoms. The fraction of sp³-hybridized carbons (Fsp3) is 0.316. The smallest absolute Gasteiger partial charge is 0.334 e. The lowest BCUT2D eigenvalue weighted by atomic mass is 9.77. The molecule has 2 N–H and O–H groups in total. The third-order valence-electron chi connectivity index (χ3n) is 4.05. The maximum atomic E-state index is 12.7. The van der Waals surface area contributed by atoms with Crippen LogP contribution < -0.4 is 5.73 Å². The minimum atomic E-state index is -0.568. The number of Topliss-reactive ketones (excluding diaryl/α,β-unsaturated/α-hetero) is 1. The average molecular weight is 403 g/mol. The van der Waals surface area contributed by atoms with Crippen molar-refractivity contribution in [2.24, 2.45) is 5.73 Å². The molecule has 130 valence electrons. The Morgan fingerprint density at radius 1 is 1.44 bits per heavy atom. The number of ether oxygens (including phenoxy) is 1. The number of ketones is 1. The molecular formula is C19H19BrN2O3. The van der Waals surface area contributed by atoms with Crippen LogP contribution in [0.2, 0.25) is 0 Å². The Balaban J connectivity index is 2.44. The second-order valence-electron chi connectivity index (χ2n) is 6.00. The number of nitriles is 1. The number of hydrogen-bond donors (Lipinski definition) is 1. The molecule has 6 heteroatoms. The summed E-state index contributed by atoms with van der Waals surface area (Å²) in [7, 11) is 0. The lowest BCUT2D eigenvalue weighted by Crippen LogP contribution is -2.24. The Morgan fingerprint density at radius 2 is 2.16 bits per heavy atom. The minimum absolute atomic E-state index is 0.0250. The Bertz CT molecular complexity index is 818. The average Bonchev–Trinajstić information content (AvgIpc) is 2.53. The SMILES string of the molecule is CC(=O)CCOC(=O)C1=C(C)CC(N)=C(C#N)C1c1cccc(Br)c1. The van der Waals surface area contributed by atoms with Gasteiger partial charge in [-0.15, -0.1) is 0 Å². The lowest BCUT2D eigenvalue weighted by Gasteiger charge is -2.27. The molecule has 0 heterocycles. The highest BCUT2D eigenvalue weighted by atomic mass is 79.9. The lowest BCUT2D eigenvalue weighted by molar-refractivity contribution is -0.140. The van der Waals surface area contributed by atoms with E-state index >= 15 is 0 Å². The molecule has 0 aliphatic heterocycles. The number of halogens is 1. The molecule has 1 aliphatic rings. The van der Waals surface area contributed by atoms with Gasteiger partial charge in [0.25, 0.3) is 0 Å². The van der Waals surface area contributed by atoms with Crippen molar-refractivity contribution in [1.29, 1.82) is 5.26 Å². The van der Waals surface area contributed by atoms with Crippen LogP contribution in [0, 0.1) is 11.3 Å². The fourth-order valence-electron chi connectivity index (χ4n) is 2.87. The topological polar surface area (TPSA) is 93.2 Å². The summed E-state index contributed by atoms with van der Waals surface area (Å²) in [4.78, 5) is 23.7. The van der Waals surface area contributed by atoms with Crippen molar-refractivity contribution in [2.45, 2.75) is 32.6 Å². The predicted molar refractivity (Wildman–Crippen MR) is 97.3 cm³/mol. The van der Waals surface area contributed by atoms with Gasteiger partial charge in [-0.25, -0.2) is 4.79 Å². The largest absolute Gasteiger partial charge is 0.462 e. The molecule has 5 nitrogen and oxygen atoms in total. The van der Waals surface area contributed by atoms with Gasteiger partial charge in [0.1, 0.15) is 5.78 Å². The van der Waals surface area contributed by atoms with E-state index in [2.05, 4.69) is 22.0 Å². The van der Waals surface area contributed by atoms with Crippen LogP contribution >= 0.6 is 15.9 Å². The Kier molecular flexibility index (Phi) is 6.16. The Morgan fingerprint density at radius 3 is 2.76 bits per heavy atom. The minimum Gasteiger partial charge on any atom is -0.462 e. The molecule has 0 amide bonds. The Labute approximate surface area is 155 Å². The molecule has 1 aromatic rings. The number of nitrogens with zero attached hydrogens (tertiary/aromatic N) is 1. The third-order valence-corrected chi connectivity index (χ3v) is 4.54. The summed E-state index contributed by atoms with van der Waals surface area (Å²) >= 11 is 3.42. The van der Waals surface area contributed by atoms with Gasteiger partial charge in [0, 0.05) is 28.6 Å². The quantitative estimate of drug-likeness (QED) is 0.760. The highest BCUT2D eigenvalue weighted by molar-refractivity contribution is 9.10. The van der Waals surface area contributed by atoms with Gasteiger partial charge < -0.3 is 10.5 Å². The maximum absolute atomic E-state index is 12.7. The maximum Gasteiger partial charge on any atom is 0.334 e.